The lowest BCUT2D eigenvalue weighted by Crippen LogP contribution is -2.44. The normalized spacial score (nSPS) is 19.1. The number of nitrogens with zero attached hydrogens (tertiary/aromatic N) is 2. The summed E-state index contributed by atoms with van der Waals surface area (Å²) < 4.78 is 5.77. The van der Waals surface area contributed by atoms with Crippen molar-refractivity contribution in [2.45, 2.75) is 25.8 Å². The van der Waals surface area contributed by atoms with E-state index in [9.17, 15) is 4.79 Å². The number of carbonyl (C=O) groups is 1. The first-order valence-corrected chi connectivity index (χ1v) is 7.22. The molecule has 0 N–H and O–H groups in total. The second-order valence-corrected chi connectivity index (χ2v) is 5.59. The molecule has 1 aliphatic heterocycles. The third kappa shape index (κ3) is 3.73. The Morgan fingerprint density at radius 3 is 2.95 bits per heavy atom. The van der Waals surface area contributed by atoms with Crippen LogP contribution in [0.1, 0.15) is 18.4 Å². The van der Waals surface area contributed by atoms with E-state index in [1.807, 2.05) is 32.3 Å². The molecule has 0 unspecified atom stereocenters. The van der Waals surface area contributed by atoms with Crippen LogP contribution in [0, 0.1) is 6.92 Å². The first-order valence-electron chi connectivity index (χ1n) is 7.22. The molecule has 4 heteroatoms. The van der Waals surface area contributed by atoms with Crippen LogP contribution < -0.4 is 4.74 Å². The van der Waals surface area contributed by atoms with Crippen LogP contribution in [0.25, 0.3) is 0 Å². The maximum atomic E-state index is 12.1. The van der Waals surface area contributed by atoms with E-state index in [1.165, 1.54) is 5.56 Å². The molecule has 1 aromatic carbocycles. The summed E-state index contributed by atoms with van der Waals surface area (Å²) in [5.41, 5.74) is 1.20. The van der Waals surface area contributed by atoms with Gasteiger partial charge in [-0.3, -0.25) is 9.69 Å². The lowest BCUT2D eigenvalue weighted by atomic mass is 10.2. The molecule has 0 spiro atoms. The van der Waals surface area contributed by atoms with E-state index in [0.717, 1.165) is 31.7 Å². The van der Waals surface area contributed by atoms with Crippen LogP contribution in [-0.2, 0) is 4.79 Å². The Morgan fingerprint density at radius 1 is 1.45 bits per heavy atom. The van der Waals surface area contributed by atoms with Gasteiger partial charge < -0.3 is 9.64 Å². The number of ether oxygens (including phenoxy) is 1. The van der Waals surface area contributed by atoms with Crippen molar-refractivity contribution < 1.29 is 9.53 Å². The molecule has 0 aliphatic carbocycles. The number of benzene rings is 1. The Hall–Kier alpha value is -1.55. The topological polar surface area (TPSA) is 32.8 Å². The number of rotatable bonds is 5. The average molecular weight is 276 g/mol. The Balaban J connectivity index is 1.82. The van der Waals surface area contributed by atoms with Crippen molar-refractivity contribution in [3.8, 4) is 5.75 Å². The Bertz CT molecular complexity index is 460. The predicted octanol–water partition coefficient (Wildman–Crippen LogP) is 1.93. The fourth-order valence-electron chi connectivity index (χ4n) is 2.66. The summed E-state index contributed by atoms with van der Waals surface area (Å²) in [7, 11) is 3.64. The SMILES string of the molecule is Cc1cccc(OCCN2CCC[C@H]2C(=O)N(C)C)c1. The highest BCUT2D eigenvalue weighted by Crippen LogP contribution is 2.19. The van der Waals surface area contributed by atoms with Crippen molar-refractivity contribution in [2.24, 2.45) is 0 Å². The summed E-state index contributed by atoms with van der Waals surface area (Å²) in [6.45, 7) is 4.47. The van der Waals surface area contributed by atoms with Crippen molar-refractivity contribution in [3.63, 3.8) is 0 Å². The highest BCUT2D eigenvalue weighted by atomic mass is 16.5. The first-order chi connectivity index (χ1) is 9.58. The Morgan fingerprint density at radius 2 is 2.25 bits per heavy atom. The van der Waals surface area contributed by atoms with Crippen LogP contribution in [-0.4, -0.2) is 55.5 Å². The predicted molar refractivity (Wildman–Crippen MR) is 80.0 cm³/mol. The van der Waals surface area contributed by atoms with Gasteiger partial charge in [-0.2, -0.15) is 0 Å². The molecule has 0 saturated carbocycles. The van der Waals surface area contributed by atoms with Gasteiger partial charge >= 0.3 is 0 Å². The zero-order chi connectivity index (χ0) is 14.5. The smallest absolute Gasteiger partial charge is 0.239 e. The minimum Gasteiger partial charge on any atom is -0.492 e. The zero-order valence-corrected chi connectivity index (χ0v) is 12.6. The third-order valence-corrected chi connectivity index (χ3v) is 3.73. The maximum Gasteiger partial charge on any atom is 0.239 e. The van der Waals surface area contributed by atoms with Gasteiger partial charge in [0.05, 0.1) is 6.04 Å². The van der Waals surface area contributed by atoms with Crippen LogP contribution in [0.15, 0.2) is 24.3 Å². The highest BCUT2D eigenvalue weighted by Gasteiger charge is 2.31. The number of aryl methyl sites for hydroxylation is 1. The second kappa shape index (κ2) is 6.75. The van der Waals surface area contributed by atoms with Crippen LogP contribution in [0.2, 0.25) is 0 Å². The van der Waals surface area contributed by atoms with Crippen LogP contribution in [0.3, 0.4) is 0 Å². The lowest BCUT2D eigenvalue weighted by molar-refractivity contribution is -0.133. The second-order valence-electron chi connectivity index (χ2n) is 5.59. The highest BCUT2D eigenvalue weighted by molar-refractivity contribution is 5.81. The largest absolute Gasteiger partial charge is 0.492 e. The Kier molecular flexibility index (Phi) is 5.01. The number of carbonyl (C=O) groups excluding carboxylic acids is 1. The van der Waals surface area contributed by atoms with Crippen LogP contribution >= 0.6 is 0 Å². The number of hydrogen-bond acceptors (Lipinski definition) is 3. The number of likely N-dealkylation sites (N-methyl/N-ethyl adjacent to an activating group) is 1. The van der Waals surface area contributed by atoms with Gasteiger partial charge in [-0.25, -0.2) is 0 Å². The average Bonchev–Trinajstić information content (AvgIpc) is 2.86. The van der Waals surface area contributed by atoms with E-state index in [4.69, 9.17) is 4.74 Å². The lowest BCUT2D eigenvalue weighted by Gasteiger charge is -2.25. The van der Waals surface area contributed by atoms with Crippen LogP contribution in [0.4, 0.5) is 0 Å². The van der Waals surface area contributed by atoms with Gasteiger partial charge in [0.25, 0.3) is 0 Å². The molecule has 0 bridgehead atoms. The first kappa shape index (κ1) is 14.9. The molecule has 1 atom stereocenters. The van der Waals surface area contributed by atoms with E-state index in [2.05, 4.69) is 17.9 Å². The minimum absolute atomic E-state index is 0.0334. The van der Waals surface area contributed by atoms with Crippen molar-refractivity contribution in [1.29, 1.82) is 0 Å². The third-order valence-electron chi connectivity index (χ3n) is 3.73. The van der Waals surface area contributed by atoms with Crippen molar-refractivity contribution in [1.82, 2.24) is 9.80 Å². The van der Waals surface area contributed by atoms with Gasteiger partial charge in [-0.15, -0.1) is 0 Å². The molecule has 110 valence electrons. The maximum absolute atomic E-state index is 12.1. The molecular formula is C16H24N2O2. The van der Waals surface area contributed by atoms with Crippen molar-refractivity contribution >= 4 is 5.91 Å². The summed E-state index contributed by atoms with van der Waals surface area (Å²) in [5, 5.41) is 0. The molecule has 1 saturated heterocycles. The molecule has 4 nitrogen and oxygen atoms in total. The summed E-state index contributed by atoms with van der Waals surface area (Å²) in [6.07, 6.45) is 2.05. The molecule has 0 radical (unpaired) electrons. The number of amides is 1. The molecule has 20 heavy (non-hydrogen) atoms. The van der Waals surface area contributed by atoms with Crippen molar-refractivity contribution in [3.05, 3.63) is 29.8 Å². The fraction of sp³-hybridized carbons (Fsp3) is 0.562. The summed E-state index contributed by atoms with van der Waals surface area (Å²) in [6, 6.07) is 8.09. The zero-order valence-electron chi connectivity index (χ0n) is 12.6. The van der Waals surface area contributed by atoms with E-state index < -0.39 is 0 Å². The van der Waals surface area contributed by atoms with Crippen LogP contribution in [0.5, 0.6) is 5.75 Å². The number of hydrogen-bond donors (Lipinski definition) is 0. The number of likely N-dealkylation sites (tertiary alicyclic amines) is 1. The monoisotopic (exact) mass is 276 g/mol. The summed E-state index contributed by atoms with van der Waals surface area (Å²) in [4.78, 5) is 16.0. The van der Waals surface area contributed by atoms with Gasteiger partial charge in [0.1, 0.15) is 12.4 Å². The standard InChI is InChI=1S/C16H24N2O2/c1-13-6-4-7-14(12-13)20-11-10-18-9-5-8-15(18)16(19)17(2)3/h4,6-7,12,15H,5,8-11H2,1-3H3/t15-/m0/s1. The summed E-state index contributed by atoms with van der Waals surface area (Å²) >= 11 is 0. The molecule has 1 amide bonds. The minimum atomic E-state index is 0.0334. The quantitative estimate of drug-likeness (QED) is 0.824. The molecular weight excluding hydrogens is 252 g/mol. The van der Waals surface area contributed by atoms with Gasteiger partial charge in [0.15, 0.2) is 0 Å². The van der Waals surface area contributed by atoms with Gasteiger partial charge in [-0.1, -0.05) is 12.1 Å². The fourth-order valence-corrected chi connectivity index (χ4v) is 2.66. The van der Waals surface area contributed by atoms with E-state index in [1.54, 1.807) is 4.90 Å². The van der Waals surface area contributed by atoms with E-state index in [0.29, 0.717) is 6.61 Å². The van der Waals surface area contributed by atoms with Gasteiger partial charge in [-0.05, 0) is 44.0 Å². The molecule has 1 heterocycles. The van der Waals surface area contributed by atoms with Gasteiger partial charge in [0.2, 0.25) is 5.91 Å². The van der Waals surface area contributed by atoms with Crippen molar-refractivity contribution in [2.75, 3.05) is 33.8 Å². The molecule has 2 rings (SSSR count). The molecule has 1 aromatic rings. The molecule has 1 fully saturated rings. The summed E-state index contributed by atoms with van der Waals surface area (Å²) in [5.74, 6) is 1.11. The van der Waals surface area contributed by atoms with E-state index >= 15 is 0 Å². The molecule has 1 aliphatic rings. The van der Waals surface area contributed by atoms with Gasteiger partial charge in [0, 0.05) is 20.6 Å². The van der Waals surface area contributed by atoms with E-state index in [-0.39, 0.29) is 11.9 Å². The molecule has 0 aromatic heterocycles. The Labute approximate surface area is 121 Å².